The Balaban J connectivity index is 1.87. The zero-order valence-electron chi connectivity index (χ0n) is 11.9. The summed E-state index contributed by atoms with van der Waals surface area (Å²) in [5.74, 6) is 0.456. The van der Waals surface area contributed by atoms with Gasteiger partial charge in [-0.1, -0.05) is 12.8 Å². The average molecular weight is 357 g/mol. The summed E-state index contributed by atoms with van der Waals surface area (Å²) in [5, 5.41) is 12.3. The Bertz CT molecular complexity index is 544. The first-order valence-electron chi connectivity index (χ1n) is 7.33. The van der Waals surface area contributed by atoms with E-state index in [-0.39, 0.29) is 30.5 Å². The number of carbonyl (C=O) groups excluding carboxylic acids is 1. The van der Waals surface area contributed by atoms with Crippen LogP contribution in [-0.2, 0) is 11.3 Å². The second kappa shape index (κ2) is 7.75. The van der Waals surface area contributed by atoms with Gasteiger partial charge in [-0.15, -0.1) is 0 Å². The van der Waals surface area contributed by atoms with Gasteiger partial charge in [-0.25, -0.2) is 0 Å². The van der Waals surface area contributed by atoms with Gasteiger partial charge in [0, 0.05) is 29.9 Å². The number of amides is 1. The standard InChI is InChI=1S/C15H21BrN2O3/c16-13-5-6-15(21)18(8-13)9-14(20)17-7-11-3-1-2-4-12(11)10-19/h5-6,8,11-12,19H,1-4,7,9-10H2,(H,17,20). The molecule has 1 amide bonds. The molecular formula is C15H21BrN2O3. The highest BCUT2D eigenvalue weighted by Crippen LogP contribution is 2.28. The van der Waals surface area contributed by atoms with Crippen molar-refractivity contribution in [1.29, 1.82) is 0 Å². The molecule has 1 aliphatic carbocycles. The third kappa shape index (κ3) is 4.68. The second-order valence-corrected chi connectivity index (χ2v) is 6.52. The van der Waals surface area contributed by atoms with Crippen molar-refractivity contribution in [1.82, 2.24) is 9.88 Å². The highest BCUT2D eigenvalue weighted by atomic mass is 79.9. The molecule has 2 rings (SSSR count). The largest absolute Gasteiger partial charge is 0.396 e. The molecular weight excluding hydrogens is 336 g/mol. The number of hydrogen-bond acceptors (Lipinski definition) is 3. The number of nitrogens with one attached hydrogen (secondary N) is 1. The summed E-state index contributed by atoms with van der Waals surface area (Å²) in [5.41, 5.74) is -0.195. The molecule has 2 N–H and O–H groups in total. The van der Waals surface area contributed by atoms with Crippen LogP contribution < -0.4 is 10.9 Å². The van der Waals surface area contributed by atoms with Crippen molar-refractivity contribution in [3.8, 4) is 0 Å². The smallest absolute Gasteiger partial charge is 0.251 e. The van der Waals surface area contributed by atoms with Crippen molar-refractivity contribution in [2.45, 2.75) is 32.2 Å². The van der Waals surface area contributed by atoms with Crippen LogP contribution in [0.5, 0.6) is 0 Å². The number of aromatic nitrogens is 1. The van der Waals surface area contributed by atoms with Crippen molar-refractivity contribution < 1.29 is 9.90 Å². The molecule has 2 unspecified atom stereocenters. The van der Waals surface area contributed by atoms with Crippen LogP contribution in [0.2, 0.25) is 0 Å². The van der Waals surface area contributed by atoms with Gasteiger partial charge in [0.2, 0.25) is 5.91 Å². The van der Waals surface area contributed by atoms with Crippen LogP contribution >= 0.6 is 15.9 Å². The molecule has 0 bridgehead atoms. The molecule has 2 atom stereocenters. The maximum Gasteiger partial charge on any atom is 0.251 e. The molecule has 1 saturated carbocycles. The van der Waals surface area contributed by atoms with Crippen LogP contribution in [0.15, 0.2) is 27.6 Å². The molecule has 1 aromatic heterocycles. The number of nitrogens with zero attached hydrogens (tertiary/aromatic N) is 1. The number of aliphatic hydroxyl groups is 1. The van der Waals surface area contributed by atoms with E-state index in [1.165, 1.54) is 10.6 Å². The molecule has 1 fully saturated rings. The zero-order chi connectivity index (χ0) is 15.2. The van der Waals surface area contributed by atoms with Crippen molar-refractivity contribution in [2.75, 3.05) is 13.2 Å². The molecule has 1 aliphatic rings. The Labute approximate surface area is 132 Å². The van der Waals surface area contributed by atoms with Crippen molar-refractivity contribution in [3.05, 3.63) is 33.2 Å². The van der Waals surface area contributed by atoms with E-state index in [0.29, 0.717) is 12.5 Å². The topological polar surface area (TPSA) is 71.3 Å². The van der Waals surface area contributed by atoms with Crippen LogP contribution in [0, 0.1) is 11.8 Å². The molecule has 6 heteroatoms. The average Bonchev–Trinajstić information content (AvgIpc) is 2.49. The van der Waals surface area contributed by atoms with Crippen LogP contribution in [0.4, 0.5) is 0 Å². The van der Waals surface area contributed by atoms with Crippen LogP contribution in [-0.4, -0.2) is 28.7 Å². The summed E-state index contributed by atoms with van der Waals surface area (Å²) in [7, 11) is 0. The summed E-state index contributed by atoms with van der Waals surface area (Å²) in [6.07, 6.45) is 5.99. The van der Waals surface area contributed by atoms with Gasteiger partial charge in [0.25, 0.3) is 5.56 Å². The molecule has 116 valence electrons. The quantitative estimate of drug-likeness (QED) is 0.840. The van der Waals surface area contributed by atoms with Crippen molar-refractivity contribution in [3.63, 3.8) is 0 Å². The molecule has 1 aromatic rings. The molecule has 0 aliphatic heterocycles. The maximum atomic E-state index is 12.0. The van der Waals surface area contributed by atoms with Gasteiger partial charge in [-0.05, 0) is 46.7 Å². The van der Waals surface area contributed by atoms with E-state index in [2.05, 4.69) is 21.2 Å². The van der Waals surface area contributed by atoms with E-state index in [1.54, 1.807) is 12.3 Å². The Hall–Kier alpha value is -1.14. The van der Waals surface area contributed by atoms with E-state index in [4.69, 9.17) is 0 Å². The van der Waals surface area contributed by atoms with E-state index in [9.17, 15) is 14.7 Å². The summed E-state index contributed by atoms with van der Waals surface area (Å²) in [4.78, 5) is 23.6. The van der Waals surface area contributed by atoms with Crippen LogP contribution in [0.1, 0.15) is 25.7 Å². The number of hydrogen-bond donors (Lipinski definition) is 2. The lowest BCUT2D eigenvalue weighted by Gasteiger charge is -2.30. The first-order chi connectivity index (χ1) is 10.1. The lowest BCUT2D eigenvalue weighted by Crippen LogP contribution is -2.38. The summed E-state index contributed by atoms with van der Waals surface area (Å²) in [6.45, 7) is 0.785. The highest BCUT2D eigenvalue weighted by Gasteiger charge is 2.24. The van der Waals surface area contributed by atoms with Gasteiger partial charge >= 0.3 is 0 Å². The second-order valence-electron chi connectivity index (χ2n) is 5.60. The Kier molecular flexibility index (Phi) is 5.99. The van der Waals surface area contributed by atoms with E-state index < -0.39 is 0 Å². The molecule has 5 nitrogen and oxygen atoms in total. The van der Waals surface area contributed by atoms with E-state index in [0.717, 1.165) is 30.2 Å². The minimum atomic E-state index is -0.195. The third-order valence-corrected chi connectivity index (χ3v) is 4.59. The first kappa shape index (κ1) is 16.2. The minimum Gasteiger partial charge on any atom is -0.396 e. The van der Waals surface area contributed by atoms with E-state index >= 15 is 0 Å². The van der Waals surface area contributed by atoms with Gasteiger partial charge in [0.05, 0.1) is 0 Å². The van der Waals surface area contributed by atoms with Gasteiger partial charge in [0.1, 0.15) is 6.54 Å². The summed E-state index contributed by atoms with van der Waals surface area (Å²) in [6, 6.07) is 3.09. The monoisotopic (exact) mass is 356 g/mol. The highest BCUT2D eigenvalue weighted by molar-refractivity contribution is 9.10. The number of pyridine rings is 1. The van der Waals surface area contributed by atoms with Crippen molar-refractivity contribution in [2.24, 2.45) is 11.8 Å². The van der Waals surface area contributed by atoms with Gasteiger partial charge in [-0.3, -0.25) is 9.59 Å². The lowest BCUT2D eigenvalue weighted by atomic mass is 9.79. The Morgan fingerprint density at radius 3 is 2.76 bits per heavy atom. The summed E-state index contributed by atoms with van der Waals surface area (Å²) < 4.78 is 2.15. The van der Waals surface area contributed by atoms with E-state index in [1.807, 2.05) is 0 Å². The fraction of sp³-hybridized carbons (Fsp3) is 0.600. The third-order valence-electron chi connectivity index (χ3n) is 4.12. The lowest BCUT2D eigenvalue weighted by molar-refractivity contribution is -0.122. The molecule has 1 heterocycles. The fourth-order valence-electron chi connectivity index (χ4n) is 2.87. The van der Waals surface area contributed by atoms with Crippen LogP contribution in [0.3, 0.4) is 0 Å². The zero-order valence-corrected chi connectivity index (χ0v) is 13.5. The first-order valence-corrected chi connectivity index (χ1v) is 8.13. The Morgan fingerprint density at radius 2 is 2.05 bits per heavy atom. The molecule has 21 heavy (non-hydrogen) atoms. The van der Waals surface area contributed by atoms with Gasteiger partial charge in [-0.2, -0.15) is 0 Å². The number of rotatable bonds is 5. The minimum absolute atomic E-state index is 0.0226. The predicted molar refractivity (Wildman–Crippen MR) is 83.9 cm³/mol. The van der Waals surface area contributed by atoms with Crippen molar-refractivity contribution >= 4 is 21.8 Å². The number of carbonyl (C=O) groups is 1. The number of halogens is 1. The molecule has 0 aromatic carbocycles. The fourth-order valence-corrected chi connectivity index (χ4v) is 3.25. The number of aliphatic hydroxyl groups excluding tert-OH is 1. The molecule has 0 radical (unpaired) electrons. The van der Waals surface area contributed by atoms with Crippen LogP contribution in [0.25, 0.3) is 0 Å². The Morgan fingerprint density at radius 1 is 1.33 bits per heavy atom. The summed E-state index contributed by atoms with van der Waals surface area (Å²) >= 11 is 3.29. The van der Waals surface area contributed by atoms with Gasteiger partial charge in [0.15, 0.2) is 0 Å². The predicted octanol–water partition coefficient (Wildman–Crippen LogP) is 1.53. The SMILES string of the molecule is O=C(Cn1cc(Br)ccc1=O)NCC1CCCCC1CO. The molecule has 0 spiro atoms. The van der Waals surface area contributed by atoms with Gasteiger partial charge < -0.3 is 15.0 Å². The molecule has 0 saturated heterocycles. The normalized spacial score (nSPS) is 22.0. The maximum absolute atomic E-state index is 12.0.